The van der Waals surface area contributed by atoms with E-state index in [1.54, 1.807) is 24.3 Å². The number of hydrogen-bond donors (Lipinski definition) is 2. The van der Waals surface area contributed by atoms with Crippen LogP contribution in [0, 0.1) is 0 Å². The molecule has 1 rings (SSSR count). The summed E-state index contributed by atoms with van der Waals surface area (Å²) in [6.07, 6.45) is -0.0157. The highest BCUT2D eigenvalue weighted by molar-refractivity contribution is 5.97. The monoisotopic (exact) mass is 252 g/mol. The van der Waals surface area contributed by atoms with E-state index in [-0.39, 0.29) is 31.8 Å². The molecule has 0 aliphatic heterocycles. The largest absolute Gasteiger partial charge is 0.397 e. The number of benzene rings is 1. The second kappa shape index (κ2) is 6.98. The van der Waals surface area contributed by atoms with Gasteiger partial charge in [0.25, 0.3) is 5.91 Å². The molecule has 5 heteroatoms. The average molecular weight is 252 g/mol. The van der Waals surface area contributed by atoms with Gasteiger partial charge in [-0.3, -0.25) is 4.79 Å². The summed E-state index contributed by atoms with van der Waals surface area (Å²) in [5, 5.41) is 9.04. The molecule has 18 heavy (non-hydrogen) atoms. The SMILES string of the molecule is CC(C)OCC(=O)N(CCO)c1ccccc1N. The standard InChI is InChI=1S/C13H20N2O3/c1-10(2)18-9-13(17)15(7-8-16)12-6-4-3-5-11(12)14/h3-6,10,16H,7-9,14H2,1-2H3. The number of aliphatic hydroxyl groups is 1. The maximum absolute atomic E-state index is 12.0. The van der Waals surface area contributed by atoms with Crippen molar-refractivity contribution in [1.29, 1.82) is 0 Å². The minimum absolute atomic E-state index is 0.0157. The van der Waals surface area contributed by atoms with Gasteiger partial charge in [-0.15, -0.1) is 0 Å². The number of amides is 1. The molecule has 0 spiro atoms. The molecule has 0 atom stereocenters. The Hall–Kier alpha value is -1.59. The van der Waals surface area contributed by atoms with Crippen molar-refractivity contribution < 1.29 is 14.6 Å². The second-order valence-electron chi connectivity index (χ2n) is 4.19. The molecule has 0 saturated carbocycles. The summed E-state index contributed by atoms with van der Waals surface area (Å²) in [6.45, 7) is 3.78. The van der Waals surface area contributed by atoms with Crippen LogP contribution >= 0.6 is 0 Å². The molecule has 0 bridgehead atoms. The number of nitrogen functional groups attached to an aromatic ring is 1. The summed E-state index contributed by atoms with van der Waals surface area (Å²) in [5.41, 5.74) is 6.93. The van der Waals surface area contributed by atoms with E-state index in [0.29, 0.717) is 11.4 Å². The number of anilines is 2. The maximum atomic E-state index is 12.0. The molecular weight excluding hydrogens is 232 g/mol. The van der Waals surface area contributed by atoms with E-state index in [0.717, 1.165) is 0 Å². The average Bonchev–Trinajstić information content (AvgIpc) is 2.34. The van der Waals surface area contributed by atoms with Crippen LogP contribution in [-0.4, -0.2) is 36.9 Å². The highest BCUT2D eigenvalue weighted by Gasteiger charge is 2.17. The molecule has 0 aliphatic carbocycles. The van der Waals surface area contributed by atoms with E-state index in [4.69, 9.17) is 15.6 Å². The number of ether oxygens (including phenoxy) is 1. The third kappa shape index (κ3) is 4.01. The minimum Gasteiger partial charge on any atom is -0.397 e. The van der Waals surface area contributed by atoms with Gasteiger partial charge in [0.1, 0.15) is 6.61 Å². The van der Waals surface area contributed by atoms with E-state index in [9.17, 15) is 4.79 Å². The van der Waals surface area contributed by atoms with Gasteiger partial charge in [0.2, 0.25) is 0 Å². The molecule has 1 amide bonds. The molecular formula is C13H20N2O3. The number of carbonyl (C=O) groups excluding carboxylic acids is 1. The van der Waals surface area contributed by atoms with Gasteiger partial charge >= 0.3 is 0 Å². The fourth-order valence-electron chi connectivity index (χ4n) is 1.53. The fourth-order valence-corrected chi connectivity index (χ4v) is 1.53. The quantitative estimate of drug-likeness (QED) is 0.741. The Kier molecular flexibility index (Phi) is 5.61. The Morgan fingerprint density at radius 2 is 2.11 bits per heavy atom. The van der Waals surface area contributed by atoms with Gasteiger partial charge in [-0.05, 0) is 26.0 Å². The molecule has 3 N–H and O–H groups in total. The molecule has 100 valence electrons. The van der Waals surface area contributed by atoms with Crippen molar-refractivity contribution in [1.82, 2.24) is 0 Å². The summed E-state index contributed by atoms with van der Waals surface area (Å²) in [6, 6.07) is 7.06. The molecule has 0 aliphatic rings. The van der Waals surface area contributed by atoms with Crippen molar-refractivity contribution in [2.45, 2.75) is 20.0 Å². The van der Waals surface area contributed by atoms with Crippen molar-refractivity contribution in [2.75, 3.05) is 30.4 Å². The summed E-state index contributed by atoms with van der Waals surface area (Å²) < 4.78 is 5.28. The molecule has 0 fully saturated rings. The predicted octanol–water partition coefficient (Wildman–Crippen LogP) is 1.02. The van der Waals surface area contributed by atoms with Gasteiger partial charge in [-0.2, -0.15) is 0 Å². The lowest BCUT2D eigenvalue weighted by atomic mass is 10.2. The summed E-state index contributed by atoms with van der Waals surface area (Å²) in [7, 11) is 0. The van der Waals surface area contributed by atoms with Crippen LogP contribution in [0.2, 0.25) is 0 Å². The topological polar surface area (TPSA) is 75.8 Å². The van der Waals surface area contributed by atoms with E-state index in [2.05, 4.69) is 0 Å². The van der Waals surface area contributed by atoms with Crippen LogP contribution in [0.1, 0.15) is 13.8 Å². The van der Waals surface area contributed by atoms with Crippen LogP contribution < -0.4 is 10.6 Å². The molecule has 0 aromatic heterocycles. The van der Waals surface area contributed by atoms with Crippen molar-refractivity contribution in [3.63, 3.8) is 0 Å². The fraction of sp³-hybridized carbons (Fsp3) is 0.462. The molecule has 0 saturated heterocycles. The van der Waals surface area contributed by atoms with Crippen molar-refractivity contribution in [3.8, 4) is 0 Å². The van der Waals surface area contributed by atoms with Gasteiger partial charge in [-0.25, -0.2) is 0 Å². The maximum Gasteiger partial charge on any atom is 0.253 e. The lowest BCUT2D eigenvalue weighted by Crippen LogP contribution is -2.37. The highest BCUT2D eigenvalue weighted by atomic mass is 16.5. The minimum atomic E-state index is -0.212. The van der Waals surface area contributed by atoms with E-state index >= 15 is 0 Å². The first-order valence-corrected chi connectivity index (χ1v) is 5.93. The Balaban J connectivity index is 2.82. The molecule has 1 aromatic carbocycles. The van der Waals surface area contributed by atoms with Crippen LogP contribution in [0.15, 0.2) is 24.3 Å². The smallest absolute Gasteiger partial charge is 0.253 e. The predicted molar refractivity (Wildman–Crippen MR) is 71.4 cm³/mol. The van der Waals surface area contributed by atoms with Crippen molar-refractivity contribution in [3.05, 3.63) is 24.3 Å². The third-order valence-corrected chi connectivity index (χ3v) is 2.39. The number of nitrogens with zero attached hydrogens (tertiary/aromatic N) is 1. The van der Waals surface area contributed by atoms with Gasteiger partial charge in [0.05, 0.1) is 24.1 Å². The Bertz CT molecular complexity index is 394. The van der Waals surface area contributed by atoms with Gasteiger partial charge in [0.15, 0.2) is 0 Å². The summed E-state index contributed by atoms with van der Waals surface area (Å²) >= 11 is 0. The number of hydrogen-bond acceptors (Lipinski definition) is 4. The zero-order valence-electron chi connectivity index (χ0n) is 10.8. The molecule has 1 aromatic rings. The zero-order chi connectivity index (χ0) is 13.5. The third-order valence-electron chi connectivity index (χ3n) is 2.39. The molecule has 5 nitrogen and oxygen atoms in total. The van der Waals surface area contributed by atoms with Crippen LogP contribution in [0.5, 0.6) is 0 Å². The molecule has 0 unspecified atom stereocenters. The lowest BCUT2D eigenvalue weighted by Gasteiger charge is -2.23. The van der Waals surface area contributed by atoms with E-state index in [1.165, 1.54) is 4.90 Å². The van der Waals surface area contributed by atoms with Crippen molar-refractivity contribution in [2.24, 2.45) is 0 Å². The van der Waals surface area contributed by atoms with E-state index in [1.807, 2.05) is 13.8 Å². The Morgan fingerprint density at radius 1 is 1.44 bits per heavy atom. The first kappa shape index (κ1) is 14.5. The number of rotatable bonds is 6. The first-order chi connectivity index (χ1) is 8.56. The number of carbonyl (C=O) groups is 1. The number of para-hydroxylation sites is 2. The highest BCUT2D eigenvalue weighted by Crippen LogP contribution is 2.22. The van der Waals surface area contributed by atoms with Crippen molar-refractivity contribution >= 4 is 17.3 Å². The normalized spacial score (nSPS) is 10.7. The zero-order valence-corrected chi connectivity index (χ0v) is 10.8. The first-order valence-electron chi connectivity index (χ1n) is 5.93. The van der Waals surface area contributed by atoms with Crippen LogP contribution in [0.4, 0.5) is 11.4 Å². The molecule has 0 radical (unpaired) electrons. The van der Waals surface area contributed by atoms with E-state index < -0.39 is 0 Å². The van der Waals surface area contributed by atoms with Gasteiger partial charge < -0.3 is 20.5 Å². The van der Waals surface area contributed by atoms with Gasteiger partial charge in [0, 0.05) is 6.54 Å². The lowest BCUT2D eigenvalue weighted by molar-refractivity contribution is -0.124. The Labute approximate surface area is 107 Å². The van der Waals surface area contributed by atoms with Gasteiger partial charge in [-0.1, -0.05) is 12.1 Å². The van der Waals surface area contributed by atoms with Crippen LogP contribution in [-0.2, 0) is 9.53 Å². The number of aliphatic hydroxyl groups excluding tert-OH is 1. The molecule has 0 heterocycles. The summed E-state index contributed by atoms with van der Waals surface area (Å²) in [4.78, 5) is 13.5. The second-order valence-corrected chi connectivity index (χ2v) is 4.19. The van der Waals surface area contributed by atoms with Crippen LogP contribution in [0.3, 0.4) is 0 Å². The van der Waals surface area contributed by atoms with Crippen LogP contribution in [0.25, 0.3) is 0 Å². The summed E-state index contributed by atoms with van der Waals surface area (Å²) in [5.74, 6) is -0.212. The number of nitrogens with two attached hydrogens (primary N) is 1. The Morgan fingerprint density at radius 3 is 2.67 bits per heavy atom.